The first kappa shape index (κ1) is 21.0. The lowest BCUT2D eigenvalue weighted by atomic mass is 10.1. The third kappa shape index (κ3) is 6.66. The van der Waals surface area contributed by atoms with E-state index in [1.54, 1.807) is 18.2 Å². The van der Waals surface area contributed by atoms with Crippen LogP contribution < -0.4 is 5.32 Å². The molecule has 0 bridgehead atoms. The van der Waals surface area contributed by atoms with Gasteiger partial charge in [-0.25, -0.2) is 0 Å². The highest BCUT2D eigenvalue weighted by molar-refractivity contribution is 5.79. The lowest BCUT2D eigenvalue weighted by Gasteiger charge is -2.34. The van der Waals surface area contributed by atoms with E-state index in [-0.39, 0.29) is 18.0 Å². The van der Waals surface area contributed by atoms with E-state index in [9.17, 15) is 14.9 Å². The van der Waals surface area contributed by atoms with Crippen LogP contribution in [0.1, 0.15) is 17.5 Å². The molecule has 1 fully saturated rings. The van der Waals surface area contributed by atoms with Crippen LogP contribution in [-0.4, -0.2) is 59.9 Å². The highest BCUT2D eigenvalue weighted by Crippen LogP contribution is 2.17. The fraction of sp³-hybridized carbons (Fsp3) is 0.409. The first-order valence-electron chi connectivity index (χ1n) is 10.1. The summed E-state index contributed by atoms with van der Waals surface area (Å²) in [4.78, 5) is 27.6. The Morgan fingerprint density at radius 3 is 2.34 bits per heavy atom. The van der Waals surface area contributed by atoms with Crippen molar-refractivity contribution in [2.24, 2.45) is 0 Å². The predicted molar refractivity (Wildman–Crippen MR) is 113 cm³/mol. The van der Waals surface area contributed by atoms with Gasteiger partial charge in [0.1, 0.15) is 0 Å². The molecule has 1 aliphatic heterocycles. The Kier molecular flexibility index (Phi) is 7.72. The number of carbonyl (C=O) groups is 1. The molecule has 0 aliphatic carbocycles. The number of rotatable bonds is 9. The van der Waals surface area contributed by atoms with E-state index in [0.717, 1.165) is 45.7 Å². The van der Waals surface area contributed by atoms with Crippen molar-refractivity contribution >= 4 is 11.6 Å². The number of para-hydroxylation sites is 1. The minimum absolute atomic E-state index is 0.00368. The van der Waals surface area contributed by atoms with Gasteiger partial charge in [0, 0.05) is 50.9 Å². The van der Waals surface area contributed by atoms with Gasteiger partial charge in [0.05, 0.1) is 11.3 Å². The second kappa shape index (κ2) is 10.7. The summed E-state index contributed by atoms with van der Waals surface area (Å²) in [5, 5.41) is 13.9. The topological polar surface area (TPSA) is 78.7 Å². The summed E-state index contributed by atoms with van der Waals surface area (Å²) < 4.78 is 0. The normalized spacial score (nSPS) is 15.2. The van der Waals surface area contributed by atoms with Crippen LogP contribution in [0.25, 0.3) is 0 Å². The molecule has 2 aromatic carbocycles. The maximum atomic E-state index is 12.1. The summed E-state index contributed by atoms with van der Waals surface area (Å²) in [6, 6.07) is 16.9. The van der Waals surface area contributed by atoms with Crippen LogP contribution >= 0.6 is 0 Å². The van der Waals surface area contributed by atoms with Gasteiger partial charge >= 0.3 is 0 Å². The van der Waals surface area contributed by atoms with Gasteiger partial charge in [0.2, 0.25) is 5.91 Å². The van der Waals surface area contributed by atoms with E-state index in [1.165, 1.54) is 11.6 Å². The summed E-state index contributed by atoms with van der Waals surface area (Å²) >= 11 is 0. The van der Waals surface area contributed by atoms with Gasteiger partial charge in [-0.05, 0) is 18.5 Å². The maximum absolute atomic E-state index is 12.1. The fourth-order valence-corrected chi connectivity index (χ4v) is 3.62. The number of nitrogens with one attached hydrogen (secondary N) is 1. The minimum atomic E-state index is -0.444. The average Bonchev–Trinajstić information content (AvgIpc) is 2.73. The van der Waals surface area contributed by atoms with E-state index in [2.05, 4.69) is 39.4 Å². The molecule has 1 N–H and O–H groups in total. The van der Waals surface area contributed by atoms with Crippen molar-refractivity contribution in [1.29, 1.82) is 0 Å². The highest BCUT2D eigenvalue weighted by Gasteiger charge is 2.17. The Morgan fingerprint density at radius 1 is 0.966 bits per heavy atom. The van der Waals surface area contributed by atoms with Gasteiger partial charge < -0.3 is 10.2 Å². The zero-order valence-electron chi connectivity index (χ0n) is 16.6. The van der Waals surface area contributed by atoms with E-state index in [4.69, 9.17) is 0 Å². The molecular weight excluding hydrogens is 368 g/mol. The van der Waals surface area contributed by atoms with Crippen molar-refractivity contribution in [2.45, 2.75) is 19.4 Å². The minimum Gasteiger partial charge on any atom is -0.356 e. The number of nitro groups is 1. The number of nitro benzene ring substituents is 1. The molecule has 1 saturated heterocycles. The zero-order chi connectivity index (χ0) is 20.5. The number of hydrogen-bond acceptors (Lipinski definition) is 5. The molecule has 1 amide bonds. The van der Waals surface area contributed by atoms with Gasteiger partial charge in [0.15, 0.2) is 0 Å². The molecule has 0 spiro atoms. The maximum Gasteiger partial charge on any atom is 0.273 e. The largest absolute Gasteiger partial charge is 0.356 e. The second-order valence-electron chi connectivity index (χ2n) is 7.37. The summed E-state index contributed by atoms with van der Waals surface area (Å²) in [5.74, 6) is -0.174. The first-order chi connectivity index (χ1) is 14.1. The lowest BCUT2D eigenvalue weighted by molar-refractivity contribution is -0.385. The lowest BCUT2D eigenvalue weighted by Crippen LogP contribution is -2.46. The number of hydrogen-bond donors (Lipinski definition) is 1. The van der Waals surface area contributed by atoms with E-state index < -0.39 is 4.92 Å². The third-order valence-corrected chi connectivity index (χ3v) is 5.23. The van der Waals surface area contributed by atoms with Crippen molar-refractivity contribution in [1.82, 2.24) is 15.1 Å². The molecular formula is C22H28N4O3. The van der Waals surface area contributed by atoms with Crippen LogP contribution in [0.5, 0.6) is 0 Å². The molecule has 7 nitrogen and oxygen atoms in total. The smallest absolute Gasteiger partial charge is 0.273 e. The summed E-state index contributed by atoms with van der Waals surface area (Å²) in [6.07, 6.45) is 0.913. The molecule has 0 saturated carbocycles. The Bertz CT molecular complexity index is 805. The van der Waals surface area contributed by atoms with Crippen LogP contribution in [0.2, 0.25) is 0 Å². The zero-order valence-corrected chi connectivity index (χ0v) is 16.6. The van der Waals surface area contributed by atoms with E-state index in [0.29, 0.717) is 12.1 Å². The van der Waals surface area contributed by atoms with Crippen molar-refractivity contribution in [3.63, 3.8) is 0 Å². The van der Waals surface area contributed by atoms with Gasteiger partial charge in [-0.3, -0.25) is 19.8 Å². The summed E-state index contributed by atoms with van der Waals surface area (Å²) in [6.45, 7) is 6.72. The molecule has 29 heavy (non-hydrogen) atoms. The number of piperazine rings is 1. The molecule has 0 atom stereocenters. The van der Waals surface area contributed by atoms with Gasteiger partial charge in [-0.15, -0.1) is 0 Å². The molecule has 0 aromatic heterocycles. The third-order valence-electron chi connectivity index (χ3n) is 5.23. The monoisotopic (exact) mass is 396 g/mol. The van der Waals surface area contributed by atoms with Crippen molar-refractivity contribution in [3.8, 4) is 0 Å². The molecule has 3 rings (SSSR count). The number of carbonyl (C=O) groups excluding carboxylic acids is 1. The first-order valence-corrected chi connectivity index (χ1v) is 10.1. The van der Waals surface area contributed by atoms with Crippen molar-refractivity contribution < 1.29 is 9.72 Å². The van der Waals surface area contributed by atoms with Crippen LogP contribution in [0, 0.1) is 10.1 Å². The molecule has 154 valence electrons. The molecule has 0 radical (unpaired) electrons. The quantitative estimate of drug-likeness (QED) is 0.400. The van der Waals surface area contributed by atoms with Gasteiger partial charge in [-0.1, -0.05) is 48.5 Å². The average molecular weight is 396 g/mol. The molecule has 1 aliphatic rings. The second-order valence-corrected chi connectivity index (χ2v) is 7.37. The Labute approximate surface area is 171 Å². The fourth-order valence-electron chi connectivity index (χ4n) is 3.62. The van der Waals surface area contributed by atoms with Crippen molar-refractivity contribution in [3.05, 3.63) is 75.8 Å². The number of benzene rings is 2. The van der Waals surface area contributed by atoms with Crippen LogP contribution in [-0.2, 0) is 17.8 Å². The Hall–Kier alpha value is -2.77. The predicted octanol–water partition coefficient (Wildman–Crippen LogP) is 2.46. The van der Waals surface area contributed by atoms with Gasteiger partial charge in [0.25, 0.3) is 5.69 Å². The summed E-state index contributed by atoms with van der Waals surface area (Å²) in [5.41, 5.74) is 1.79. The van der Waals surface area contributed by atoms with Crippen LogP contribution in [0.4, 0.5) is 5.69 Å². The van der Waals surface area contributed by atoms with E-state index in [1.807, 2.05) is 6.07 Å². The van der Waals surface area contributed by atoms with Crippen LogP contribution in [0.15, 0.2) is 54.6 Å². The molecule has 0 unspecified atom stereocenters. The molecule has 1 heterocycles. The van der Waals surface area contributed by atoms with Crippen molar-refractivity contribution in [2.75, 3.05) is 39.3 Å². The Balaban J connectivity index is 1.31. The standard InChI is InChI=1S/C22H28N4O3/c27-22(17-20-9-4-5-10-21(20)26(28)29)23-11-6-12-24-13-15-25(16-14-24)18-19-7-2-1-3-8-19/h1-5,7-10H,6,11-18H2,(H,23,27). The van der Waals surface area contributed by atoms with E-state index >= 15 is 0 Å². The molecule has 7 heteroatoms. The SMILES string of the molecule is O=C(Cc1ccccc1[N+](=O)[O-])NCCCN1CCN(Cc2ccccc2)CC1. The molecule has 2 aromatic rings. The highest BCUT2D eigenvalue weighted by atomic mass is 16.6. The Morgan fingerprint density at radius 2 is 1.62 bits per heavy atom. The van der Waals surface area contributed by atoms with Crippen LogP contribution in [0.3, 0.4) is 0 Å². The summed E-state index contributed by atoms with van der Waals surface area (Å²) in [7, 11) is 0. The number of nitrogens with zero attached hydrogens (tertiary/aromatic N) is 3. The van der Waals surface area contributed by atoms with Gasteiger partial charge in [-0.2, -0.15) is 0 Å². The number of amides is 1.